The molecule has 0 atom stereocenters. The van der Waals surface area contributed by atoms with Gasteiger partial charge in [0.1, 0.15) is 6.73 Å². The van der Waals surface area contributed by atoms with E-state index in [9.17, 15) is 4.79 Å². The van der Waals surface area contributed by atoms with Crippen LogP contribution in [0.2, 0.25) is 0 Å². The summed E-state index contributed by atoms with van der Waals surface area (Å²) in [7, 11) is 1.61. The van der Waals surface area contributed by atoms with E-state index in [0.717, 1.165) is 18.5 Å². The molecule has 0 fully saturated rings. The van der Waals surface area contributed by atoms with Crippen molar-refractivity contribution in [3.8, 4) is 0 Å². The number of amides is 1. The Kier molecular flexibility index (Phi) is 5.16. The molecule has 1 rings (SSSR count). The lowest BCUT2D eigenvalue weighted by atomic mass is 10.0. The fraction of sp³-hybridized carbons (Fsp3) is 0.500. The predicted octanol–water partition coefficient (Wildman–Crippen LogP) is 2.77. The second-order valence-corrected chi connectivity index (χ2v) is 4.00. The van der Waals surface area contributed by atoms with Crippen molar-refractivity contribution in [3.63, 3.8) is 0 Å². The first-order valence-electron chi connectivity index (χ1n) is 6.03. The molecule has 1 amide bonds. The number of hydrogen-bond donors (Lipinski definition) is 0. The Morgan fingerprint density at radius 2 is 1.76 bits per heavy atom. The minimum absolute atomic E-state index is 0.0162. The first kappa shape index (κ1) is 13.7. The zero-order valence-corrected chi connectivity index (χ0v) is 11.1. The van der Waals surface area contributed by atoms with Gasteiger partial charge in [-0.25, -0.2) is 0 Å². The Labute approximate surface area is 103 Å². The summed E-state index contributed by atoms with van der Waals surface area (Å²) in [5.41, 5.74) is 3.40. The molecule has 0 aliphatic carbocycles. The van der Waals surface area contributed by atoms with Gasteiger partial charge in [-0.2, -0.15) is 0 Å². The van der Waals surface area contributed by atoms with Gasteiger partial charge in [-0.1, -0.05) is 32.0 Å². The highest BCUT2D eigenvalue weighted by Crippen LogP contribution is 2.27. The molecule has 0 heterocycles. The van der Waals surface area contributed by atoms with Gasteiger partial charge in [0.25, 0.3) is 0 Å². The molecular formula is C14H21NO2. The largest absolute Gasteiger partial charge is 0.364 e. The Morgan fingerprint density at radius 1 is 1.24 bits per heavy atom. The van der Waals surface area contributed by atoms with E-state index in [1.54, 1.807) is 18.9 Å². The summed E-state index contributed by atoms with van der Waals surface area (Å²) >= 11 is 0. The number of methoxy groups -OCH3 is 1. The minimum Gasteiger partial charge on any atom is -0.364 e. The third kappa shape index (κ3) is 3.07. The number of hydrogen-bond acceptors (Lipinski definition) is 2. The average molecular weight is 235 g/mol. The number of aryl methyl sites for hydroxylation is 2. The molecule has 0 unspecified atom stereocenters. The number of anilines is 1. The van der Waals surface area contributed by atoms with Crippen LogP contribution in [0.1, 0.15) is 31.9 Å². The van der Waals surface area contributed by atoms with E-state index in [4.69, 9.17) is 4.74 Å². The zero-order valence-electron chi connectivity index (χ0n) is 11.1. The van der Waals surface area contributed by atoms with Crippen molar-refractivity contribution in [2.24, 2.45) is 0 Å². The quantitative estimate of drug-likeness (QED) is 0.734. The van der Waals surface area contributed by atoms with Crippen molar-refractivity contribution in [1.29, 1.82) is 0 Å². The van der Waals surface area contributed by atoms with E-state index in [-0.39, 0.29) is 5.91 Å². The number of ether oxygens (including phenoxy) is 1. The summed E-state index contributed by atoms with van der Waals surface area (Å²) < 4.78 is 5.12. The monoisotopic (exact) mass is 235 g/mol. The Hall–Kier alpha value is -1.35. The lowest BCUT2D eigenvalue weighted by Gasteiger charge is -2.25. The van der Waals surface area contributed by atoms with Crippen LogP contribution >= 0.6 is 0 Å². The Balaban J connectivity index is 3.27. The van der Waals surface area contributed by atoms with Gasteiger partial charge in [0.05, 0.1) is 5.69 Å². The summed E-state index contributed by atoms with van der Waals surface area (Å²) in [6.07, 6.45) is 1.83. The topological polar surface area (TPSA) is 29.5 Å². The maximum absolute atomic E-state index is 11.7. The van der Waals surface area contributed by atoms with Crippen LogP contribution in [0.15, 0.2) is 18.2 Å². The Morgan fingerprint density at radius 3 is 2.12 bits per heavy atom. The van der Waals surface area contributed by atoms with Crippen molar-refractivity contribution < 1.29 is 9.53 Å². The minimum atomic E-state index is 0.0162. The third-order valence-corrected chi connectivity index (χ3v) is 2.87. The van der Waals surface area contributed by atoms with Crippen LogP contribution in [0.5, 0.6) is 0 Å². The van der Waals surface area contributed by atoms with Crippen LogP contribution in [0.4, 0.5) is 5.69 Å². The molecule has 0 radical (unpaired) electrons. The van der Waals surface area contributed by atoms with Crippen LogP contribution in [0.25, 0.3) is 0 Å². The fourth-order valence-corrected chi connectivity index (χ4v) is 2.00. The van der Waals surface area contributed by atoms with Gasteiger partial charge in [0.15, 0.2) is 0 Å². The molecule has 94 valence electrons. The van der Waals surface area contributed by atoms with E-state index in [1.807, 2.05) is 6.07 Å². The summed E-state index contributed by atoms with van der Waals surface area (Å²) in [6, 6.07) is 6.19. The van der Waals surface area contributed by atoms with Gasteiger partial charge >= 0.3 is 0 Å². The van der Waals surface area contributed by atoms with Crippen molar-refractivity contribution in [2.75, 3.05) is 18.7 Å². The average Bonchev–Trinajstić information content (AvgIpc) is 2.34. The Bertz CT molecular complexity index is 366. The van der Waals surface area contributed by atoms with E-state index >= 15 is 0 Å². The van der Waals surface area contributed by atoms with Crippen LogP contribution in [0.3, 0.4) is 0 Å². The molecule has 0 aliphatic heterocycles. The molecule has 0 aromatic heterocycles. The van der Waals surface area contributed by atoms with Crippen LogP contribution in [0, 0.1) is 0 Å². The first-order valence-corrected chi connectivity index (χ1v) is 6.03. The lowest BCUT2D eigenvalue weighted by Crippen LogP contribution is -2.32. The molecule has 3 heteroatoms. The maximum atomic E-state index is 11.7. The van der Waals surface area contributed by atoms with Gasteiger partial charge in [0.2, 0.25) is 5.91 Å². The standard InChI is InChI=1S/C14H21NO2/c1-5-12-8-7-9-13(6-2)14(12)15(10-17-4)11(3)16/h7-9H,5-6,10H2,1-4H3. The van der Waals surface area contributed by atoms with Gasteiger partial charge < -0.3 is 4.74 Å². The van der Waals surface area contributed by atoms with Crippen LogP contribution < -0.4 is 4.90 Å². The van der Waals surface area contributed by atoms with Crippen molar-refractivity contribution in [1.82, 2.24) is 0 Å². The summed E-state index contributed by atoms with van der Waals surface area (Å²) in [6.45, 7) is 6.08. The number of benzene rings is 1. The van der Waals surface area contributed by atoms with Crippen molar-refractivity contribution in [3.05, 3.63) is 29.3 Å². The smallest absolute Gasteiger partial charge is 0.225 e. The third-order valence-electron chi connectivity index (χ3n) is 2.87. The molecule has 0 saturated heterocycles. The second-order valence-electron chi connectivity index (χ2n) is 4.00. The van der Waals surface area contributed by atoms with Crippen LogP contribution in [-0.4, -0.2) is 19.7 Å². The molecule has 0 bridgehead atoms. The number of para-hydroxylation sites is 1. The molecule has 0 spiro atoms. The fourth-order valence-electron chi connectivity index (χ4n) is 2.00. The molecule has 1 aromatic carbocycles. The number of nitrogens with zero attached hydrogens (tertiary/aromatic N) is 1. The van der Waals surface area contributed by atoms with E-state index in [0.29, 0.717) is 6.73 Å². The summed E-state index contributed by atoms with van der Waals surface area (Å²) in [4.78, 5) is 13.4. The van der Waals surface area contributed by atoms with Crippen molar-refractivity contribution >= 4 is 11.6 Å². The normalized spacial score (nSPS) is 10.4. The van der Waals surface area contributed by atoms with Gasteiger partial charge in [0, 0.05) is 14.0 Å². The van der Waals surface area contributed by atoms with E-state index in [1.165, 1.54) is 11.1 Å². The van der Waals surface area contributed by atoms with Gasteiger partial charge in [-0.05, 0) is 24.0 Å². The molecule has 0 N–H and O–H groups in total. The molecule has 1 aromatic rings. The number of carbonyl (C=O) groups excluding carboxylic acids is 1. The second kappa shape index (κ2) is 6.40. The lowest BCUT2D eigenvalue weighted by molar-refractivity contribution is -0.117. The van der Waals surface area contributed by atoms with Crippen LogP contribution in [-0.2, 0) is 22.4 Å². The summed E-state index contributed by atoms with van der Waals surface area (Å²) in [5, 5.41) is 0. The molecular weight excluding hydrogens is 214 g/mol. The van der Waals surface area contributed by atoms with Gasteiger partial charge in [-0.3, -0.25) is 9.69 Å². The SMILES string of the molecule is CCc1cccc(CC)c1N(COC)C(C)=O. The molecule has 17 heavy (non-hydrogen) atoms. The molecule has 3 nitrogen and oxygen atoms in total. The molecule has 0 saturated carbocycles. The summed E-state index contributed by atoms with van der Waals surface area (Å²) in [5.74, 6) is 0.0162. The number of rotatable bonds is 5. The van der Waals surface area contributed by atoms with E-state index in [2.05, 4.69) is 26.0 Å². The van der Waals surface area contributed by atoms with Gasteiger partial charge in [-0.15, -0.1) is 0 Å². The predicted molar refractivity (Wildman–Crippen MR) is 70.2 cm³/mol. The number of carbonyl (C=O) groups is 1. The van der Waals surface area contributed by atoms with Crippen molar-refractivity contribution in [2.45, 2.75) is 33.6 Å². The molecule has 0 aliphatic rings. The highest BCUT2D eigenvalue weighted by atomic mass is 16.5. The highest BCUT2D eigenvalue weighted by Gasteiger charge is 2.17. The highest BCUT2D eigenvalue weighted by molar-refractivity contribution is 5.93. The maximum Gasteiger partial charge on any atom is 0.225 e. The zero-order chi connectivity index (χ0) is 12.8. The first-order chi connectivity index (χ1) is 8.15. The van der Waals surface area contributed by atoms with E-state index < -0.39 is 0 Å².